The van der Waals surface area contributed by atoms with Crippen LogP contribution in [0.5, 0.6) is 11.5 Å². The molecule has 0 spiro atoms. The zero-order chi connectivity index (χ0) is 18.8. The van der Waals surface area contributed by atoms with Crippen molar-refractivity contribution in [2.45, 2.75) is 18.6 Å². The molecule has 0 saturated carbocycles. The summed E-state index contributed by atoms with van der Waals surface area (Å²) in [5.41, 5.74) is 0.489. The number of thiophene rings is 1. The van der Waals surface area contributed by atoms with E-state index in [-0.39, 0.29) is 18.5 Å². The Bertz CT molecular complexity index is 975. The third-order valence-corrected chi connectivity index (χ3v) is 5.99. The van der Waals surface area contributed by atoms with E-state index in [4.69, 9.17) is 21.1 Å². The van der Waals surface area contributed by atoms with E-state index < -0.39 is 0 Å². The molecule has 3 heterocycles. The quantitative estimate of drug-likeness (QED) is 0.601. The van der Waals surface area contributed by atoms with E-state index in [0.717, 1.165) is 17.2 Å². The number of rotatable bonds is 6. The molecule has 2 aromatic heterocycles. The van der Waals surface area contributed by atoms with Crippen molar-refractivity contribution in [2.75, 3.05) is 17.9 Å². The Morgan fingerprint density at radius 3 is 2.93 bits per heavy atom. The maximum atomic E-state index is 12.4. The smallest absolute Gasteiger partial charge is 0.234 e. The number of ether oxygens (including phenoxy) is 2. The average Bonchev–Trinajstić information content (AvgIpc) is 3.39. The van der Waals surface area contributed by atoms with E-state index in [9.17, 15) is 4.79 Å². The summed E-state index contributed by atoms with van der Waals surface area (Å²) in [4.78, 5) is 13.4. The molecule has 1 aliphatic rings. The number of anilines is 1. The summed E-state index contributed by atoms with van der Waals surface area (Å²) in [6, 6.07) is 7.28. The number of nitrogens with one attached hydrogen (secondary N) is 1. The summed E-state index contributed by atoms with van der Waals surface area (Å²) < 4.78 is 12.6. The van der Waals surface area contributed by atoms with Crippen LogP contribution in [0.25, 0.3) is 10.7 Å². The number of benzene rings is 1. The molecule has 0 fully saturated rings. The normalized spacial score (nSPS) is 12.4. The number of fused-ring (bicyclic) bond motifs is 1. The summed E-state index contributed by atoms with van der Waals surface area (Å²) in [5, 5.41) is 14.4. The first-order chi connectivity index (χ1) is 13.2. The lowest BCUT2D eigenvalue weighted by Gasteiger charge is -2.09. The average molecular weight is 423 g/mol. The second-order valence-electron chi connectivity index (χ2n) is 5.55. The van der Waals surface area contributed by atoms with Crippen molar-refractivity contribution >= 4 is 46.3 Å². The van der Waals surface area contributed by atoms with E-state index in [1.54, 1.807) is 23.5 Å². The van der Waals surface area contributed by atoms with E-state index in [1.807, 2.05) is 29.0 Å². The Morgan fingerprint density at radius 2 is 2.19 bits per heavy atom. The van der Waals surface area contributed by atoms with Crippen molar-refractivity contribution < 1.29 is 14.3 Å². The SMILES string of the molecule is CCn1c(SCC(=O)Nc2cc3c(cc2Cl)OCO3)nnc1-c1cccs1. The summed E-state index contributed by atoms with van der Waals surface area (Å²) in [6.45, 7) is 2.90. The molecule has 1 N–H and O–H groups in total. The number of hydrogen-bond donors (Lipinski definition) is 1. The van der Waals surface area contributed by atoms with Crippen molar-refractivity contribution in [1.29, 1.82) is 0 Å². The molecule has 0 bridgehead atoms. The molecular formula is C17H15ClN4O3S2. The van der Waals surface area contributed by atoms with E-state index >= 15 is 0 Å². The third-order valence-electron chi connectivity index (χ3n) is 3.84. The van der Waals surface area contributed by atoms with E-state index in [1.165, 1.54) is 11.8 Å². The lowest BCUT2D eigenvalue weighted by Crippen LogP contribution is -2.15. The van der Waals surface area contributed by atoms with Crippen LogP contribution in [-0.4, -0.2) is 33.2 Å². The highest BCUT2D eigenvalue weighted by Crippen LogP contribution is 2.39. The number of thioether (sulfide) groups is 1. The minimum absolute atomic E-state index is 0.151. The van der Waals surface area contributed by atoms with Gasteiger partial charge in [0, 0.05) is 18.7 Å². The van der Waals surface area contributed by atoms with Crippen LogP contribution in [0.2, 0.25) is 5.02 Å². The van der Waals surface area contributed by atoms with Crippen molar-refractivity contribution in [3.05, 3.63) is 34.7 Å². The van der Waals surface area contributed by atoms with Gasteiger partial charge >= 0.3 is 0 Å². The molecule has 7 nitrogen and oxygen atoms in total. The number of aromatic nitrogens is 3. The molecule has 1 aliphatic heterocycles. The molecule has 140 valence electrons. The van der Waals surface area contributed by atoms with Crippen molar-refractivity contribution in [3.8, 4) is 22.2 Å². The first-order valence-corrected chi connectivity index (χ1v) is 10.4. The summed E-state index contributed by atoms with van der Waals surface area (Å²) >= 11 is 9.13. The van der Waals surface area contributed by atoms with Gasteiger partial charge in [0.15, 0.2) is 22.5 Å². The predicted molar refractivity (Wildman–Crippen MR) is 106 cm³/mol. The number of halogens is 1. The van der Waals surface area contributed by atoms with Gasteiger partial charge in [-0.25, -0.2) is 0 Å². The molecule has 0 aliphatic carbocycles. The Kier molecular flexibility index (Phi) is 5.24. The van der Waals surface area contributed by atoms with Crippen molar-refractivity contribution in [1.82, 2.24) is 14.8 Å². The molecule has 3 aromatic rings. The van der Waals surface area contributed by atoms with Crippen LogP contribution in [0.4, 0.5) is 5.69 Å². The zero-order valence-electron chi connectivity index (χ0n) is 14.3. The van der Waals surface area contributed by atoms with Gasteiger partial charge in [0.05, 0.1) is 21.3 Å². The molecular weight excluding hydrogens is 408 g/mol. The highest BCUT2D eigenvalue weighted by atomic mass is 35.5. The maximum absolute atomic E-state index is 12.4. The van der Waals surface area contributed by atoms with Gasteiger partial charge in [-0.1, -0.05) is 29.4 Å². The monoisotopic (exact) mass is 422 g/mol. The lowest BCUT2D eigenvalue weighted by atomic mass is 10.2. The van der Waals surface area contributed by atoms with E-state index in [0.29, 0.717) is 27.4 Å². The standard InChI is InChI=1S/C17H15ClN4O3S2/c1-2-22-16(14-4-3-5-26-14)20-21-17(22)27-8-15(23)19-11-7-13-12(6-10(11)18)24-9-25-13/h3-7H,2,8-9H2,1H3,(H,19,23). The molecule has 4 rings (SSSR count). The molecule has 0 saturated heterocycles. The fraction of sp³-hybridized carbons (Fsp3) is 0.235. The van der Waals surface area contributed by atoms with Crippen LogP contribution in [0, 0.1) is 0 Å². The topological polar surface area (TPSA) is 78.3 Å². The van der Waals surface area contributed by atoms with Gasteiger partial charge < -0.3 is 19.4 Å². The van der Waals surface area contributed by atoms with Gasteiger partial charge in [-0.15, -0.1) is 21.5 Å². The minimum atomic E-state index is -0.191. The molecule has 0 radical (unpaired) electrons. The van der Waals surface area contributed by atoms with Gasteiger partial charge in [0.25, 0.3) is 0 Å². The third kappa shape index (κ3) is 3.76. The van der Waals surface area contributed by atoms with Gasteiger partial charge in [0.2, 0.25) is 12.7 Å². The Balaban J connectivity index is 1.43. The molecule has 0 atom stereocenters. The first kappa shape index (κ1) is 18.1. The summed E-state index contributed by atoms with van der Waals surface area (Å²) in [5.74, 6) is 1.95. The number of amides is 1. The summed E-state index contributed by atoms with van der Waals surface area (Å²) in [7, 11) is 0. The molecule has 0 unspecified atom stereocenters. The van der Waals surface area contributed by atoms with Gasteiger partial charge in [-0.3, -0.25) is 4.79 Å². The van der Waals surface area contributed by atoms with Gasteiger partial charge in [0.1, 0.15) is 0 Å². The Hall–Kier alpha value is -2.23. The van der Waals surface area contributed by atoms with Crippen molar-refractivity contribution in [2.24, 2.45) is 0 Å². The molecule has 10 heteroatoms. The minimum Gasteiger partial charge on any atom is -0.454 e. The van der Waals surface area contributed by atoms with Crippen LogP contribution in [0.1, 0.15) is 6.92 Å². The maximum Gasteiger partial charge on any atom is 0.234 e. The Morgan fingerprint density at radius 1 is 1.37 bits per heavy atom. The molecule has 1 aromatic carbocycles. The van der Waals surface area contributed by atoms with Crippen LogP contribution >= 0.6 is 34.7 Å². The number of carbonyl (C=O) groups excluding carboxylic acids is 1. The lowest BCUT2D eigenvalue weighted by molar-refractivity contribution is -0.113. The fourth-order valence-corrected chi connectivity index (χ4v) is 4.32. The van der Waals surface area contributed by atoms with Crippen molar-refractivity contribution in [3.63, 3.8) is 0 Å². The second-order valence-corrected chi connectivity index (χ2v) is 7.85. The number of carbonyl (C=O) groups is 1. The van der Waals surface area contributed by atoms with E-state index in [2.05, 4.69) is 15.5 Å². The van der Waals surface area contributed by atoms with Crippen LogP contribution < -0.4 is 14.8 Å². The molecule has 27 heavy (non-hydrogen) atoms. The number of hydrogen-bond acceptors (Lipinski definition) is 7. The fourth-order valence-electron chi connectivity index (χ4n) is 2.60. The number of nitrogens with zero attached hydrogens (tertiary/aromatic N) is 3. The van der Waals surface area contributed by atoms with Crippen LogP contribution in [0.15, 0.2) is 34.8 Å². The largest absolute Gasteiger partial charge is 0.454 e. The first-order valence-electron chi connectivity index (χ1n) is 8.14. The van der Waals surface area contributed by atoms with Gasteiger partial charge in [-0.05, 0) is 18.4 Å². The Labute approximate surface area is 168 Å². The highest BCUT2D eigenvalue weighted by molar-refractivity contribution is 7.99. The van der Waals surface area contributed by atoms with Gasteiger partial charge in [-0.2, -0.15) is 0 Å². The summed E-state index contributed by atoms with van der Waals surface area (Å²) in [6.07, 6.45) is 0. The zero-order valence-corrected chi connectivity index (χ0v) is 16.7. The second kappa shape index (κ2) is 7.79. The highest BCUT2D eigenvalue weighted by Gasteiger charge is 2.19. The predicted octanol–water partition coefficient (Wildman–Crippen LogP) is 4.14. The van der Waals surface area contributed by atoms with Crippen LogP contribution in [0.3, 0.4) is 0 Å². The molecule has 1 amide bonds. The van der Waals surface area contributed by atoms with Crippen LogP contribution in [-0.2, 0) is 11.3 Å².